The molecule has 0 aliphatic carbocycles. The summed E-state index contributed by atoms with van der Waals surface area (Å²) < 4.78 is 24.5. The second-order valence-electron chi connectivity index (χ2n) is 3.06. The summed E-state index contributed by atoms with van der Waals surface area (Å²) >= 11 is 0. The van der Waals surface area contributed by atoms with Crippen molar-refractivity contribution in [2.45, 2.75) is 6.54 Å². The van der Waals surface area contributed by atoms with E-state index in [1.54, 1.807) is 12.1 Å². The molecule has 0 unspecified atom stereocenters. The topological polar surface area (TPSA) is 58.2 Å². The molecule has 0 spiro atoms. The zero-order valence-electron chi connectivity index (χ0n) is 8.24. The highest BCUT2D eigenvalue weighted by Crippen LogP contribution is 2.15. The molecule has 0 heterocycles. The van der Waals surface area contributed by atoms with Crippen molar-refractivity contribution in [3.05, 3.63) is 29.8 Å². The lowest BCUT2D eigenvalue weighted by molar-refractivity contribution is 0.606. The summed E-state index contributed by atoms with van der Waals surface area (Å²) in [6.45, 7) is 0.638. The number of sulfonamides is 1. The zero-order valence-corrected chi connectivity index (χ0v) is 9.06. The van der Waals surface area contributed by atoms with Gasteiger partial charge in [-0.25, -0.2) is 8.42 Å². The van der Waals surface area contributed by atoms with E-state index in [4.69, 9.17) is 0 Å². The molecule has 0 aliphatic heterocycles. The first-order chi connectivity index (χ1) is 6.53. The van der Waals surface area contributed by atoms with Gasteiger partial charge in [0, 0.05) is 6.54 Å². The number of benzene rings is 1. The van der Waals surface area contributed by atoms with Gasteiger partial charge in [-0.2, -0.15) is 0 Å². The lowest BCUT2D eigenvalue weighted by atomic mass is 10.2. The lowest BCUT2D eigenvalue weighted by Gasteiger charge is -2.09. The molecule has 0 aromatic heterocycles. The van der Waals surface area contributed by atoms with Crippen LogP contribution in [0.3, 0.4) is 0 Å². The first kappa shape index (κ1) is 11.0. The van der Waals surface area contributed by atoms with Crippen LogP contribution in [0.2, 0.25) is 0 Å². The molecule has 2 N–H and O–H groups in total. The monoisotopic (exact) mass is 214 g/mol. The molecule has 0 amide bonds. The maximum atomic E-state index is 11.0. The number of rotatable bonds is 4. The van der Waals surface area contributed by atoms with E-state index in [-0.39, 0.29) is 0 Å². The molecule has 0 aliphatic rings. The molecule has 1 aromatic rings. The number of anilines is 1. The van der Waals surface area contributed by atoms with E-state index in [1.165, 1.54) is 0 Å². The number of para-hydroxylation sites is 1. The van der Waals surface area contributed by atoms with Crippen LogP contribution in [0.1, 0.15) is 5.56 Å². The van der Waals surface area contributed by atoms with E-state index in [0.29, 0.717) is 12.2 Å². The Morgan fingerprint density at radius 1 is 1.29 bits per heavy atom. The third-order valence-electron chi connectivity index (χ3n) is 1.68. The average molecular weight is 214 g/mol. The van der Waals surface area contributed by atoms with Crippen LogP contribution < -0.4 is 10.0 Å². The fourth-order valence-corrected chi connectivity index (χ4v) is 1.76. The molecular weight excluding hydrogens is 200 g/mol. The van der Waals surface area contributed by atoms with Crippen LogP contribution in [-0.4, -0.2) is 21.7 Å². The van der Waals surface area contributed by atoms with Crippen molar-refractivity contribution in [3.63, 3.8) is 0 Å². The van der Waals surface area contributed by atoms with Crippen LogP contribution in [0, 0.1) is 0 Å². The van der Waals surface area contributed by atoms with Gasteiger partial charge in [-0.15, -0.1) is 0 Å². The first-order valence-electron chi connectivity index (χ1n) is 4.23. The largest absolute Gasteiger partial charge is 0.316 e. The Hall–Kier alpha value is -1.07. The van der Waals surface area contributed by atoms with Crippen LogP contribution in [-0.2, 0) is 16.6 Å². The summed E-state index contributed by atoms with van der Waals surface area (Å²) in [4.78, 5) is 0. The van der Waals surface area contributed by atoms with E-state index in [9.17, 15) is 8.42 Å². The van der Waals surface area contributed by atoms with Gasteiger partial charge in [-0.1, -0.05) is 18.2 Å². The fourth-order valence-electron chi connectivity index (χ4n) is 1.16. The second kappa shape index (κ2) is 4.43. The Labute approximate surface area is 84.4 Å². The van der Waals surface area contributed by atoms with Crippen LogP contribution in [0.5, 0.6) is 0 Å². The van der Waals surface area contributed by atoms with E-state index in [0.717, 1.165) is 11.8 Å². The van der Waals surface area contributed by atoms with E-state index < -0.39 is 10.0 Å². The van der Waals surface area contributed by atoms with Crippen molar-refractivity contribution in [1.29, 1.82) is 0 Å². The maximum absolute atomic E-state index is 11.0. The summed E-state index contributed by atoms with van der Waals surface area (Å²) in [5, 5.41) is 2.98. The van der Waals surface area contributed by atoms with Crippen molar-refractivity contribution in [1.82, 2.24) is 5.32 Å². The zero-order chi connectivity index (χ0) is 10.6. The minimum Gasteiger partial charge on any atom is -0.316 e. The van der Waals surface area contributed by atoms with Crippen molar-refractivity contribution in [2.75, 3.05) is 18.0 Å². The predicted molar refractivity (Wildman–Crippen MR) is 57.7 cm³/mol. The summed E-state index contributed by atoms with van der Waals surface area (Å²) in [7, 11) is -1.38. The van der Waals surface area contributed by atoms with Crippen LogP contribution >= 0.6 is 0 Å². The third kappa shape index (κ3) is 3.35. The van der Waals surface area contributed by atoms with Gasteiger partial charge in [0.05, 0.1) is 11.9 Å². The standard InChI is InChI=1S/C9H14N2O2S/c1-10-7-8-5-3-4-6-9(8)11-14(2,12)13/h3-6,10-11H,7H2,1-2H3. The molecule has 5 heteroatoms. The number of hydrogen-bond acceptors (Lipinski definition) is 3. The van der Waals surface area contributed by atoms with Crippen molar-refractivity contribution in [3.8, 4) is 0 Å². The van der Waals surface area contributed by atoms with Crippen LogP contribution in [0.25, 0.3) is 0 Å². The van der Waals surface area contributed by atoms with Gasteiger partial charge in [0.15, 0.2) is 0 Å². The molecule has 0 saturated carbocycles. The molecule has 1 rings (SSSR count). The SMILES string of the molecule is CNCc1ccccc1NS(C)(=O)=O. The lowest BCUT2D eigenvalue weighted by Crippen LogP contribution is -2.13. The molecule has 0 bridgehead atoms. The van der Waals surface area contributed by atoms with Gasteiger partial charge in [0.2, 0.25) is 10.0 Å². The Balaban J connectivity index is 2.95. The summed E-state index contributed by atoms with van der Waals surface area (Å²) in [5.74, 6) is 0. The second-order valence-corrected chi connectivity index (χ2v) is 4.81. The number of hydrogen-bond donors (Lipinski definition) is 2. The predicted octanol–water partition coefficient (Wildman–Crippen LogP) is 0.777. The highest BCUT2D eigenvalue weighted by Gasteiger charge is 2.05. The van der Waals surface area contributed by atoms with Crippen molar-refractivity contribution >= 4 is 15.7 Å². The van der Waals surface area contributed by atoms with Gasteiger partial charge >= 0.3 is 0 Å². The molecular formula is C9H14N2O2S. The maximum Gasteiger partial charge on any atom is 0.229 e. The number of nitrogens with one attached hydrogen (secondary N) is 2. The van der Waals surface area contributed by atoms with E-state index >= 15 is 0 Å². The van der Waals surface area contributed by atoms with Crippen LogP contribution in [0.15, 0.2) is 24.3 Å². The average Bonchev–Trinajstić information content (AvgIpc) is 2.06. The molecule has 1 aromatic carbocycles. The minimum atomic E-state index is -3.20. The van der Waals surface area contributed by atoms with E-state index in [1.807, 2.05) is 19.2 Å². The van der Waals surface area contributed by atoms with Gasteiger partial charge in [-0.05, 0) is 18.7 Å². The Kier molecular flexibility index (Phi) is 3.49. The van der Waals surface area contributed by atoms with Crippen molar-refractivity contribution in [2.24, 2.45) is 0 Å². The molecule has 14 heavy (non-hydrogen) atoms. The smallest absolute Gasteiger partial charge is 0.229 e. The fraction of sp³-hybridized carbons (Fsp3) is 0.333. The minimum absolute atomic E-state index is 0.629. The molecule has 0 atom stereocenters. The molecule has 4 nitrogen and oxygen atoms in total. The Morgan fingerprint density at radius 3 is 2.50 bits per heavy atom. The molecule has 78 valence electrons. The molecule has 0 radical (unpaired) electrons. The van der Waals surface area contributed by atoms with Gasteiger partial charge in [0.1, 0.15) is 0 Å². The highest BCUT2D eigenvalue weighted by atomic mass is 32.2. The van der Waals surface area contributed by atoms with Gasteiger partial charge < -0.3 is 5.32 Å². The third-order valence-corrected chi connectivity index (χ3v) is 2.27. The summed E-state index contributed by atoms with van der Waals surface area (Å²) in [6, 6.07) is 7.30. The van der Waals surface area contributed by atoms with Gasteiger partial charge in [-0.3, -0.25) is 4.72 Å². The van der Waals surface area contributed by atoms with Crippen LogP contribution in [0.4, 0.5) is 5.69 Å². The highest BCUT2D eigenvalue weighted by molar-refractivity contribution is 7.92. The first-order valence-corrected chi connectivity index (χ1v) is 6.12. The molecule has 0 saturated heterocycles. The Bertz CT molecular complexity index is 401. The Morgan fingerprint density at radius 2 is 1.93 bits per heavy atom. The summed E-state index contributed by atoms with van der Waals surface area (Å²) in [6.07, 6.45) is 1.14. The molecule has 0 fully saturated rings. The van der Waals surface area contributed by atoms with E-state index in [2.05, 4.69) is 10.0 Å². The summed E-state index contributed by atoms with van der Waals surface area (Å²) in [5.41, 5.74) is 1.56. The quantitative estimate of drug-likeness (QED) is 0.778. The van der Waals surface area contributed by atoms with Gasteiger partial charge in [0.25, 0.3) is 0 Å². The normalized spacial score (nSPS) is 11.3. The van der Waals surface area contributed by atoms with Crippen molar-refractivity contribution < 1.29 is 8.42 Å².